The van der Waals surface area contributed by atoms with Crippen LogP contribution >= 0.6 is 11.6 Å². The van der Waals surface area contributed by atoms with Crippen LogP contribution in [-0.4, -0.2) is 43.3 Å². The van der Waals surface area contributed by atoms with Crippen LogP contribution in [0.25, 0.3) is 0 Å². The van der Waals surface area contributed by atoms with Gasteiger partial charge in [-0.1, -0.05) is 90.0 Å². The average molecular weight is 646 g/mol. The van der Waals surface area contributed by atoms with Gasteiger partial charge in [-0.2, -0.15) is 0 Å². The van der Waals surface area contributed by atoms with Crippen LogP contribution in [0.2, 0.25) is 5.02 Å². The Balaban J connectivity index is 1.82. The number of hydrogen-bond acceptors (Lipinski definition) is 4. The lowest BCUT2D eigenvalue weighted by molar-refractivity contribution is -0.140. The number of hydrogen-bond donors (Lipinski definition) is 1. The summed E-state index contributed by atoms with van der Waals surface area (Å²) in [5.74, 6) is -0.837. The van der Waals surface area contributed by atoms with Gasteiger partial charge in [-0.05, 0) is 81.6 Å². The van der Waals surface area contributed by atoms with E-state index in [-0.39, 0.29) is 23.8 Å². The second-order valence-electron chi connectivity index (χ2n) is 12.2. The first kappa shape index (κ1) is 33.7. The van der Waals surface area contributed by atoms with Gasteiger partial charge in [0.2, 0.25) is 11.8 Å². The molecule has 4 aromatic carbocycles. The Morgan fingerprint density at radius 2 is 1.40 bits per heavy atom. The average Bonchev–Trinajstić information content (AvgIpc) is 2.99. The molecule has 0 aliphatic rings. The van der Waals surface area contributed by atoms with Crippen LogP contribution < -0.4 is 9.62 Å². The number of carbonyl (C=O) groups is 2. The third kappa shape index (κ3) is 8.96. The minimum absolute atomic E-state index is 0.000603. The molecule has 0 bridgehead atoms. The monoisotopic (exact) mass is 645 g/mol. The highest BCUT2D eigenvalue weighted by Gasteiger charge is 2.36. The van der Waals surface area contributed by atoms with Crippen LogP contribution in [0.1, 0.15) is 43.0 Å². The minimum atomic E-state index is -4.21. The Hall–Kier alpha value is -4.14. The molecule has 4 aromatic rings. The summed E-state index contributed by atoms with van der Waals surface area (Å²) in [7, 11) is -4.21. The normalized spacial score (nSPS) is 12.3. The van der Waals surface area contributed by atoms with Crippen LogP contribution in [0, 0.1) is 13.8 Å². The summed E-state index contributed by atoms with van der Waals surface area (Å²) < 4.78 is 29.5. The quantitative estimate of drug-likeness (QED) is 0.197. The fourth-order valence-electron chi connectivity index (χ4n) is 4.99. The maximum absolute atomic E-state index is 14.6. The van der Waals surface area contributed by atoms with Crippen molar-refractivity contribution in [2.75, 3.05) is 10.8 Å². The number of carbonyl (C=O) groups excluding carboxylic acids is 2. The summed E-state index contributed by atoms with van der Waals surface area (Å²) in [6.45, 7) is 9.01. The van der Waals surface area contributed by atoms with Gasteiger partial charge in [-0.15, -0.1) is 0 Å². The third-order valence-corrected chi connectivity index (χ3v) is 9.33. The molecule has 1 atom stereocenters. The van der Waals surface area contributed by atoms with Crippen molar-refractivity contribution >= 4 is 39.1 Å². The van der Waals surface area contributed by atoms with E-state index in [4.69, 9.17) is 11.6 Å². The van der Waals surface area contributed by atoms with Crippen LogP contribution in [0.5, 0.6) is 0 Å². The van der Waals surface area contributed by atoms with Crippen molar-refractivity contribution in [1.29, 1.82) is 0 Å². The molecule has 1 N–H and O–H groups in total. The number of nitrogens with zero attached hydrogens (tertiary/aromatic N) is 2. The van der Waals surface area contributed by atoms with E-state index >= 15 is 0 Å². The van der Waals surface area contributed by atoms with Crippen molar-refractivity contribution < 1.29 is 18.0 Å². The molecular formula is C36H40ClN3O4S. The van der Waals surface area contributed by atoms with Gasteiger partial charge in [0.05, 0.1) is 10.6 Å². The topological polar surface area (TPSA) is 86.8 Å². The predicted molar refractivity (Wildman–Crippen MR) is 181 cm³/mol. The van der Waals surface area contributed by atoms with Gasteiger partial charge >= 0.3 is 0 Å². The predicted octanol–water partition coefficient (Wildman–Crippen LogP) is 6.71. The second kappa shape index (κ2) is 14.3. The molecular weight excluding hydrogens is 606 g/mol. The van der Waals surface area contributed by atoms with Crippen molar-refractivity contribution in [3.8, 4) is 0 Å². The molecule has 0 fully saturated rings. The zero-order chi connectivity index (χ0) is 32.8. The molecule has 0 saturated heterocycles. The van der Waals surface area contributed by atoms with Gasteiger partial charge in [-0.3, -0.25) is 13.9 Å². The Kier molecular flexibility index (Phi) is 10.7. The van der Waals surface area contributed by atoms with Crippen molar-refractivity contribution in [1.82, 2.24) is 10.2 Å². The molecule has 9 heteroatoms. The number of nitrogens with one attached hydrogen (secondary N) is 1. The highest BCUT2D eigenvalue weighted by Crippen LogP contribution is 2.28. The molecule has 2 amide bonds. The maximum atomic E-state index is 14.6. The van der Waals surface area contributed by atoms with Gasteiger partial charge in [0.15, 0.2) is 0 Å². The van der Waals surface area contributed by atoms with Gasteiger partial charge < -0.3 is 10.2 Å². The lowest BCUT2D eigenvalue weighted by Gasteiger charge is -2.35. The summed E-state index contributed by atoms with van der Waals surface area (Å²) in [4.78, 5) is 30.0. The van der Waals surface area contributed by atoms with Crippen LogP contribution in [-0.2, 0) is 32.6 Å². The molecule has 0 aliphatic heterocycles. The molecule has 0 radical (unpaired) electrons. The minimum Gasteiger partial charge on any atom is -0.350 e. The number of anilines is 1. The Morgan fingerprint density at radius 3 is 2.00 bits per heavy atom. The number of halogens is 1. The number of amides is 2. The van der Waals surface area contributed by atoms with Crippen LogP contribution in [0.15, 0.2) is 108 Å². The Morgan fingerprint density at radius 1 is 0.800 bits per heavy atom. The second-order valence-corrected chi connectivity index (χ2v) is 14.5. The van der Waals surface area contributed by atoms with Crippen LogP contribution in [0.3, 0.4) is 0 Å². The number of aryl methyl sites for hydroxylation is 2. The van der Waals surface area contributed by atoms with E-state index in [2.05, 4.69) is 5.32 Å². The molecule has 236 valence electrons. The van der Waals surface area contributed by atoms with E-state index in [0.717, 1.165) is 21.0 Å². The molecule has 4 rings (SSSR count). The summed E-state index contributed by atoms with van der Waals surface area (Å²) in [5.41, 5.74) is 3.24. The zero-order valence-corrected chi connectivity index (χ0v) is 27.9. The van der Waals surface area contributed by atoms with E-state index < -0.39 is 34.1 Å². The lowest BCUT2D eigenvalue weighted by Crippen LogP contribution is -2.56. The molecule has 0 spiro atoms. The van der Waals surface area contributed by atoms with E-state index in [1.165, 1.54) is 29.2 Å². The SMILES string of the molecule is Cc1ccc(CN(C(=O)CN(c2ccccc2C)S(=O)(=O)c2ccc(Cl)cc2)[C@H](Cc2ccccc2)C(=O)NC(C)(C)C)cc1. The molecule has 7 nitrogen and oxygen atoms in total. The van der Waals surface area contributed by atoms with Gasteiger partial charge in [0, 0.05) is 23.5 Å². The fraction of sp³-hybridized carbons (Fsp3) is 0.278. The maximum Gasteiger partial charge on any atom is 0.264 e. The largest absolute Gasteiger partial charge is 0.350 e. The molecule has 45 heavy (non-hydrogen) atoms. The number of benzene rings is 4. The van der Waals surface area contributed by atoms with Gasteiger partial charge in [-0.25, -0.2) is 8.42 Å². The van der Waals surface area contributed by atoms with E-state index in [1.807, 2.05) is 88.4 Å². The number of sulfonamides is 1. The summed E-state index contributed by atoms with van der Waals surface area (Å²) in [6.07, 6.45) is 0.245. The molecule has 0 saturated carbocycles. The first-order chi connectivity index (χ1) is 21.2. The Bertz CT molecular complexity index is 1720. The molecule has 0 unspecified atom stereocenters. The number of rotatable bonds is 11. The molecule has 0 heterocycles. The lowest BCUT2D eigenvalue weighted by atomic mass is 10.0. The molecule has 0 aromatic heterocycles. The highest BCUT2D eigenvalue weighted by molar-refractivity contribution is 7.92. The third-order valence-electron chi connectivity index (χ3n) is 7.31. The first-order valence-electron chi connectivity index (χ1n) is 14.8. The van der Waals surface area contributed by atoms with Crippen molar-refractivity contribution in [3.63, 3.8) is 0 Å². The van der Waals surface area contributed by atoms with Crippen LogP contribution in [0.4, 0.5) is 5.69 Å². The van der Waals surface area contributed by atoms with E-state index in [1.54, 1.807) is 25.1 Å². The van der Waals surface area contributed by atoms with Crippen molar-refractivity contribution in [2.24, 2.45) is 0 Å². The smallest absolute Gasteiger partial charge is 0.264 e. The highest BCUT2D eigenvalue weighted by atomic mass is 35.5. The molecule has 0 aliphatic carbocycles. The van der Waals surface area contributed by atoms with Crippen molar-refractivity contribution in [3.05, 3.63) is 130 Å². The standard InChI is InChI=1S/C36H40ClN3O4S/c1-26-15-17-29(18-16-26)24-39(33(35(42)38-36(3,4)5)23-28-12-7-6-8-13-28)34(41)25-40(32-14-10-9-11-27(32)2)45(43,44)31-21-19-30(37)20-22-31/h6-22,33H,23-25H2,1-5H3,(H,38,42)/t33-/m1/s1. The Labute approximate surface area is 271 Å². The fourth-order valence-corrected chi connectivity index (χ4v) is 6.59. The van der Waals surface area contributed by atoms with E-state index in [9.17, 15) is 18.0 Å². The summed E-state index contributed by atoms with van der Waals surface area (Å²) in [5, 5.41) is 3.44. The summed E-state index contributed by atoms with van der Waals surface area (Å²) in [6, 6.07) is 29.2. The van der Waals surface area contributed by atoms with Crippen molar-refractivity contribution in [2.45, 2.75) is 64.1 Å². The summed E-state index contributed by atoms with van der Waals surface area (Å²) >= 11 is 6.07. The van der Waals surface area contributed by atoms with Gasteiger partial charge in [0.1, 0.15) is 12.6 Å². The zero-order valence-electron chi connectivity index (χ0n) is 26.3. The number of para-hydroxylation sites is 1. The van der Waals surface area contributed by atoms with E-state index in [0.29, 0.717) is 16.3 Å². The van der Waals surface area contributed by atoms with Gasteiger partial charge in [0.25, 0.3) is 10.0 Å². The first-order valence-corrected chi connectivity index (χ1v) is 16.6.